The van der Waals surface area contributed by atoms with Crippen molar-refractivity contribution in [2.24, 2.45) is 5.92 Å². The van der Waals surface area contributed by atoms with Gasteiger partial charge in [0.2, 0.25) is 5.91 Å². The minimum atomic E-state index is -2.90. The van der Waals surface area contributed by atoms with Crippen molar-refractivity contribution in [2.45, 2.75) is 37.6 Å². The highest BCUT2D eigenvalue weighted by Gasteiger charge is 2.61. The van der Waals surface area contributed by atoms with E-state index in [1.54, 1.807) is 0 Å². The molecule has 3 aromatic rings. The molecule has 0 aliphatic heterocycles. The van der Waals surface area contributed by atoms with Gasteiger partial charge in [-0.3, -0.25) is 4.79 Å². The Kier molecular flexibility index (Phi) is 3.78. The Labute approximate surface area is 159 Å². The van der Waals surface area contributed by atoms with Crippen LogP contribution in [0.4, 0.5) is 20.4 Å². The van der Waals surface area contributed by atoms with E-state index in [4.69, 9.17) is 0 Å². The highest BCUT2D eigenvalue weighted by atomic mass is 19.3. The van der Waals surface area contributed by atoms with Crippen LogP contribution < -0.4 is 10.6 Å². The van der Waals surface area contributed by atoms with Crippen LogP contribution in [-0.2, 0) is 11.3 Å². The van der Waals surface area contributed by atoms with Crippen LogP contribution in [0.25, 0.3) is 5.65 Å². The molecule has 0 bridgehead atoms. The van der Waals surface area contributed by atoms with Gasteiger partial charge >= 0.3 is 0 Å². The van der Waals surface area contributed by atoms with Crippen LogP contribution >= 0.6 is 0 Å². The lowest BCUT2D eigenvalue weighted by Gasteiger charge is -2.06. The number of rotatable bonds is 6. The molecule has 2 saturated carbocycles. The number of halogens is 2. The SMILES string of the molecule is O=C(Nc1cc(NCc2cn3cc(C4CC4)ccc3n2)ncn1)C1CC1(F)F. The van der Waals surface area contributed by atoms with Crippen molar-refractivity contribution in [3.63, 3.8) is 0 Å². The Balaban J connectivity index is 1.24. The molecule has 2 aliphatic rings. The van der Waals surface area contributed by atoms with Crippen LogP contribution in [0.15, 0.2) is 36.9 Å². The monoisotopic (exact) mass is 384 g/mol. The first-order valence-corrected chi connectivity index (χ1v) is 9.20. The number of hydrogen-bond acceptors (Lipinski definition) is 5. The zero-order valence-electron chi connectivity index (χ0n) is 14.9. The van der Waals surface area contributed by atoms with Crippen molar-refractivity contribution >= 4 is 23.2 Å². The molecule has 2 fully saturated rings. The van der Waals surface area contributed by atoms with Crippen LogP contribution in [0.3, 0.4) is 0 Å². The molecule has 3 heterocycles. The molecule has 0 saturated heterocycles. The Hall–Kier alpha value is -3.10. The van der Waals surface area contributed by atoms with Crippen LogP contribution in [0.1, 0.15) is 36.4 Å². The number of anilines is 2. The molecule has 0 radical (unpaired) electrons. The van der Waals surface area contributed by atoms with Gasteiger partial charge in [0, 0.05) is 24.9 Å². The number of nitrogens with one attached hydrogen (secondary N) is 2. The lowest BCUT2D eigenvalue weighted by atomic mass is 10.2. The lowest BCUT2D eigenvalue weighted by molar-refractivity contribution is -0.119. The molecule has 7 nitrogen and oxygen atoms in total. The second-order valence-corrected chi connectivity index (χ2v) is 7.38. The third-order valence-electron chi connectivity index (χ3n) is 5.08. The van der Waals surface area contributed by atoms with E-state index in [9.17, 15) is 13.6 Å². The summed E-state index contributed by atoms with van der Waals surface area (Å²) in [6, 6.07) is 5.66. The third kappa shape index (κ3) is 3.39. The van der Waals surface area contributed by atoms with Crippen molar-refractivity contribution in [1.82, 2.24) is 19.4 Å². The minimum absolute atomic E-state index is 0.189. The fourth-order valence-electron chi connectivity index (χ4n) is 3.22. The molecule has 2 N–H and O–H groups in total. The molecule has 3 aromatic heterocycles. The Morgan fingerprint density at radius 2 is 2.00 bits per heavy atom. The van der Waals surface area contributed by atoms with E-state index in [2.05, 4.69) is 37.8 Å². The number of imidazole rings is 1. The average Bonchev–Trinajstić information content (AvgIpc) is 3.57. The highest BCUT2D eigenvalue weighted by Crippen LogP contribution is 2.49. The maximum atomic E-state index is 13.0. The Morgan fingerprint density at radius 3 is 2.75 bits per heavy atom. The summed E-state index contributed by atoms with van der Waals surface area (Å²) >= 11 is 0. The van der Waals surface area contributed by atoms with E-state index in [-0.39, 0.29) is 5.82 Å². The van der Waals surface area contributed by atoms with Gasteiger partial charge in [-0.15, -0.1) is 0 Å². The molecule has 1 atom stereocenters. The average molecular weight is 384 g/mol. The molecule has 144 valence electrons. The summed E-state index contributed by atoms with van der Waals surface area (Å²) < 4.78 is 28.0. The van der Waals surface area contributed by atoms with Crippen molar-refractivity contribution < 1.29 is 13.6 Å². The second-order valence-electron chi connectivity index (χ2n) is 7.38. The topological polar surface area (TPSA) is 84.2 Å². The third-order valence-corrected chi connectivity index (χ3v) is 5.08. The quantitative estimate of drug-likeness (QED) is 0.682. The molecular formula is C19H18F2N6O. The first-order chi connectivity index (χ1) is 13.5. The first-order valence-electron chi connectivity index (χ1n) is 9.20. The number of aromatic nitrogens is 4. The number of pyridine rings is 1. The fourth-order valence-corrected chi connectivity index (χ4v) is 3.22. The van der Waals surface area contributed by atoms with E-state index in [0.29, 0.717) is 18.3 Å². The summed E-state index contributed by atoms with van der Waals surface area (Å²) in [6.07, 6.45) is 7.45. The van der Waals surface area contributed by atoms with Crippen LogP contribution in [-0.4, -0.2) is 31.2 Å². The van der Waals surface area contributed by atoms with Crippen molar-refractivity contribution in [3.8, 4) is 0 Å². The normalized spacial score (nSPS) is 20.1. The molecule has 0 spiro atoms. The zero-order chi connectivity index (χ0) is 19.3. The van der Waals surface area contributed by atoms with Gasteiger partial charge < -0.3 is 15.0 Å². The fraction of sp³-hybridized carbons (Fsp3) is 0.368. The van der Waals surface area contributed by atoms with Crippen molar-refractivity contribution in [2.75, 3.05) is 10.6 Å². The van der Waals surface area contributed by atoms with Gasteiger partial charge in [-0.1, -0.05) is 6.07 Å². The first kappa shape index (κ1) is 17.0. The van der Waals surface area contributed by atoms with Crippen molar-refractivity contribution in [1.29, 1.82) is 0 Å². The van der Waals surface area contributed by atoms with Crippen LogP contribution in [0.5, 0.6) is 0 Å². The van der Waals surface area contributed by atoms with Gasteiger partial charge in [0.25, 0.3) is 5.92 Å². The Bertz CT molecular complexity index is 1060. The number of carbonyl (C=O) groups is 1. The summed E-state index contributed by atoms with van der Waals surface area (Å²) in [4.78, 5) is 24.4. The number of carbonyl (C=O) groups excluding carboxylic acids is 1. The smallest absolute Gasteiger partial charge is 0.260 e. The standard InChI is InChI=1S/C19H18F2N6O/c20-19(21)6-14(19)18(28)26-16-5-15(23-10-24-16)22-7-13-9-27-8-12(11-1-2-11)3-4-17(27)25-13/h3-5,8-11,14H,1-2,6-7H2,(H2,22,23,24,26,28). The maximum Gasteiger partial charge on any atom is 0.260 e. The van der Waals surface area contributed by atoms with Gasteiger partial charge in [0.15, 0.2) is 0 Å². The van der Waals surface area contributed by atoms with E-state index >= 15 is 0 Å². The van der Waals surface area contributed by atoms with Gasteiger partial charge in [-0.2, -0.15) is 0 Å². The van der Waals surface area contributed by atoms with E-state index < -0.39 is 24.2 Å². The summed E-state index contributed by atoms with van der Waals surface area (Å²) in [5.74, 6) is -3.55. The van der Waals surface area contributed by atoms with Gasteiger partial charge in [0.05, 0.1) is 12.2 Å². The number of alkyl halides is 2. The molecule has 5 rings (SSSR count). The molecule has 9 heteroatoms. The van der Waals surface area contributed by atoms with Crippen molar-refractivity contribution in [3.05, 3.63) is 48.2 Å². The molecule has 1 unspecified atom stereocenters. The molecular weight excluding hydrogens is 366 g/mol. The number of amides is 1. The maximum absolute atomic E-state index is 13.0. The molecule has 1 amide bonds. The number of fused-ring (bicyclic) bond motifs is 1. The Morgan fingerprint density at radius 1 is 1.21 bits per heavy atom. The lowest BCUT2D eigenvalue weighted by Crippen LogP contribution is -2.18. The largest absolute Gasteiger partial charge is 0.364 e. The second kappa shape index (κ2) is 6.22. The molecule has 0 aromatic carbocycles. The summed E-state index contributed by atoms with van der Waals surface area (Å²) in [5.41, 5.74) is 3.05. The number of hydrogen-bond donors (Lipinski definition) is 2. The summed E-state index contributed by atoms with van der Waals surface area (Å²) in [7, 11) is 0. The summed E-state index contributed by atoms with van der Waals surface area (Å²) in [6.45, 7) is 0.436. The van der Waals surface area contributed by atoms with Gasteiger partial charge in [-0.05, 0) is 30.4 Å². The van der Waals surface area contributed by atoms with E-state index in [1.165, 1.54) is 30.8 Å². The minimum Gasteiger partial charge on any atom is -0.364 e. The zero-order valence-corrected chi connectivity index (χ0v) is 14.9. The van der Waals surface area contributed by atoms with E-state index in [0.717, 1.165) is 11.3 Å². The summed E-state index contributed by atoms with van der Waals surface area (Å²) in [5, 5.41) is 5.53. The van der Waals surface area contributed by atoms with Crippen LogP contribution in [0.2, 0.25) is 0 Å². The molecule has 2 aliphatic carbocycles. The van der Waals surface area contributed by atoms with Gasteiger partial charge in [-0.25, -0.2) is 23.7 Å². The highest BCUT2D eigenvalue weighted by molar-refractivity contribution is 5.94. The van der Waals surface area contributed by atoms with Crippen LogP contribution in [0, 0.1) is 5.92 Å². The predicted molar refractivity (Wildman–Crippen MR) is 98.2 cm³/mol. The predicted octanol–water partition coefficient (Wildman–Crippen LogP) is 3.21. The molecule has 28 heavy (non-hydrogen) atoms. The van der Waals surface area contributed by atoms with E-state index in [1.807, 2.05) is 16.7 Å². The number of nitrogens with zero attached hydrogens (tertiary/aromatic N) is 4. The van der Waals surface area contributed by atoms with Gasteiger partial charge in [0.1, 0.15) is 29.5 Å².